The number of nitrogens with zero attached hydrogens (tertiary/aromatic N) is 8. The maximum Gasteiger partial charge on any atom is 0.287 e. The largest absolute Gasteiger partial charge is 0.449 e. The van der Waals surface area contributed by atoms with E-state index in [1.165, 1.54) is 0 Å². The molecule has 7 aromatic heterocycles. The first-order valence-corrected chi connectivity index (χ1v) is 30.7. The number of fused-ring (bicyclic) bond motifs is 3. The van der Waals surface area contributed by atoms with Crippen LogP contribution in [0.1, 0.15) is 120 Å². The summed E-state index contributed by atoms with van der Waals surface area (Å²) in [5.41, 5.74) is 4.73. The van der Waals surface area contributed by atoms with Gasteiger partial charge >= 0.3 is 0 Å². The van der Waals surface area contributed by atoms with Gasteiger partial charge in [0, 0.05) is 119 Å². The number of piperidine rings is 3. The summed E-state index contributed by atoms with van der Waals surface area (Å²) in [6, 6.07) is 12.7. The van der Waals surface area contributed by atoms with E-state index in [0.717, 1.165) is 124 Å². The zero-order chi connectivity index (χ0) is 60.3. The minimum absolute atomic E-state index is 0.0400. The molecule has 7 fully saturated rings. The molecule has 4 unspecified atom stereocenters. The van der Waals surface area contributed by atoms with E-state index < -0.39 is 0 Å². The van der Waals surface area contributed by atoms with Gasteiger partial charge in [-0.3, -0.25) is 53.2 Å². The maximum atomic E-state index is 12.7. The van der Waals surface area contributed by atoms with Crippen LogP contribution in [0.15, 0.2) is 92.9 Å². The molecule has 23 nitrogen and oxygen atoms in total. The number of likely N-dealkylation sites (tertiary alicyclic amines) is 3. The van der Waals surface area contributed by atoms with Crippen LogP contribution in [-0.4, -0.2) is 159 Å². The van der Waals surface area contributed by atoms with Crippen molar-refractivity contribution in [3.8, 4) is 0 Å². The topological polar surface area (TPSA) is 282 Å². The van der Waals surface area contributed by atoms with Crippen LogP contribution in [0.2, 0.25) is 0 Å². The quantitative estimate of drug-likeness (QED) is 0.0763. The lowest BCUT2D eigenvalue weighted by molar-refractivity contribution is -0.142. The smallest absolute Gasteiger partial charge is 0.287 e. The number of carbonyl (C=O) groups is 7. The molecule has 14 rings (SSSR count). The van der Waals surface area contributed by atoms with E-state index in [-0.39, 0.29) is 58.9 Å². The lowest BCUT2D eigenvalue weighted by atomic mass is 9.90. The summed E-state index contributed by atoms with van der Waals surface area (Å²) < 4.78 is 24.2. The highest BCUT2D eigenvalue weighted by Crippen LogP contribution is 2.61. The number of hydrogen-bond donors (Lipinski definition) is 4. The third kappa shape index (κ3) is 13.3. The second kappa shape index (κ2) is 25.1. The van der Waals surface area contributed by atoms with Crippen molar-refractivity contribution >= 4 is 74.8 Å². The number of nitrogens with one attached hydrogen (secondary N) is 4. The summed E-state index contributed by atoms with van der Waals surface area (Å²) in [6.07, 6.45) is 21.8. The molecule has 4 saturated heterocycles. The number of hydrogen-bond acceptors (Lipinski definition) is 15. The lowest BCUT2D eigenvalue weighted by Gasteiger charge is -2.34. The highest BCUT2D eigenvalue weighted by molar-refractivity contribution is 5.97. The number of ether oxygens (including phenoxy) is 1. The average molecular weight is 1190 g/mol. The maximum absolute atomic E-state index is 12.7. The van der Waals surface area contributed by atoms with Gasteiger partial charge in [-0.2, -0.15) is 5.10 Å². The first kappa shape index (κ1) is 58.9. The standard InChI is InChI=1S/C24H29N5O3.C21H25N3O4.C19H22N4O4/c1-16-11-17(2)29(27-16)8-4-22(30)28-9-5-24(6-10-28)13-19(24)14-26-23(31)20-12-18-3-7-25-15-21(18)32-20;25-19(17-10-14-3-6-22-13-18(14)28-17)23-12-15-11-21(15)4-7-24(8-5-21)20(26)16-2-1-9-27-16;24-12-21-11-17(25)23-5-2-19(3-6-23)8-14(19)9-22-18(26)15-7-13-1-4-20-10-16(13)27-15/h3,7,11-12,15,19H,4-6,8-10,13-14H2,1-2H3,(H,26,31);3,6,10,13,15-16H,1-2,4-5,7-9,11-12H2,(H,23,25);1,4,7,10,12,14H,2-3,5-6,8-9,11H2,(H,21,24)(H,22,26). The Bertz CT molecular complexity index is 3570. The number of rotatable bonds is 16. The van der Waals surface area contributed by atoms with Crippen LogP contribution < -0.4 is 21.3 Å². The van der Waals surface area contributed by atoms with Gasteiger partial charge in [0.1, 0.15) is 6.10 Å². The molecule has 4 atom stereocenters. The fraction of sp³-hybridized carbons (Fsp3) is 0.516. The molecule has 0 aromatic carbocycles. The zero-order valence-electron chi connectivity index (χ0n) is 49.4. The van der Waals surface area contributed by atoms with Crippen LogP contribution in [0, 0.1) is 47.8 Å². The van der Waals surface area contributed by atoms with E-state index in [9.17, 15) is 33.6 Å². The van der Waals surface area contributed by atoms with Crippen molar-refractivity contribution in [1.82, 2.24) is 60.7 Å². The molecular formula is C64H76N12O11. The van der Waals surface area contributed by atoms with Crippen LogP contribution in [0.25, 0.3) is 32.9 Å². The van der Waals surface area contributed by atoms with Crippen molar-refractivity contribution in [2.45, 2.75) is 104 Å². The van der Waals surface area contributed by atoms with Gasteiger partial charge in [0.15, 0.2) is 34.0 Å². The van der Waals surface area contributed by atoms with Crippen molar-refractivity contribution in [3.63, 3.8) is 0 Å². The van der Waals surface area contributed by atoms with Gasteiger partial charge in [-0.15, -0.1) is 0 Å². The van der Waals surface area contributed by atoms with Crippen molar-refractivity contribution in [2.75, 3.05) is 72.1 Å². The fourth-order valence-corrected chi connectivity index (χ4v) is 13.9. The van der Waals surface area contributed by atoms with Crippen LogP contribution in [0.3, 0.4) is 0 Å². The molecule has 7 aromatic rings. The molecule has 0 bridgehead atoms. The van der Waals surface area contributed by atoms with Crippen molar-refractivity contribution in [3.05, 3.63) is 108 Å². The normalized spacial score (nSPS) is 21.8. The first-order chi connectivity index (χ1) is 42.2. The number of aromatic nitrogens is 5. The summed E-state index contributed by atoms with van der Waals surface area (Å²) in [5, 5.41) is 18.5. The average Bonchev–Trinajstić information content (AvgIpc) is 1.67. The Morgan fingerprint density at radius 3 is 1.39 bits per heavy atom. The Kier molecular flexibility index (Phi) is 17.0. The Hall–Kier alpha value is -8.47. The van der Waals surface area contributed by atoms with Crippen molar-refractivity contribution in [2.24, 2.45) is 34.0 Å². The van der Waals surface area contributed by atoms with Gasteiger partial charge in [-0.1, -0.05) is 0 Å². The number of aryl methyl sites for hydroxylation is 3. The van der Waals surface area contributed by atoms with Crippen LogP contribution in [-0.2, 0) is 30.5 Å². The van der Waals surface area contributed by atoms with Gasteiger partial charge in [-0.25, -0.2) is 0 Å². The van der Waals surface area contributed by atoms with E-state index in [2.05, 4.69) is 41.3 Å². The van der Waals surface area contributed by atoms with Gasteiger partial charge in [-0.05, 0) is 161 Å². The minimum atomic E-state index is -0.220. The lowest BCUT2D eigenvalue weighted by Crippen LogP contribution is -2.44. The SMILES string of the molecule is Cc1cc(C)n(CCC(=O)N2CCC3(CC2)CC3CNC(=O)c2cc3ccncc3o2)n1.O=C(NCC1CC12CCN(C(=O)C1CCCO1)CC2)c1cc2ccncc2o1.O=CNCC(=O)N1CCC2(CC1)CC2CNC(=O)c1cc2ccncc2o1. The Morgan fingerprint density at radius 2 is 1.01 bits per heavy atom. The predicted octanol–water partition coefficient (Wildman–Crippen LogP) is 6.39. The summed E-state index contributed by atoms with van der Waals surface area (Å²) in [4.78, 5) is 102. The number of pyridine rings is 3. The molecule has 7 aliphatic rings. The summed E-state index contributed by atoms with van der Waals surface area (Å²) in [5.74, 6) is 2.13. The molecule has 11 heterocycles. The Balaban J connectivity index is 0.000000128. The second-order valence-electron chi connectivity index (χ2n) is 25.0. The van der Waals surface area contributed by atoms with Crippen LogP contribution in [0.4, 0.5) is 0 Å². The van der Waals surface area contributed by atoms with Crippen molar-refractivity contribution in [1.29, 1.82) is 0 Å². The van der Waals surface area contributed by atoms with E-state index in [1.54, 1.807) is 60.3 Å². The van der Waals surface area contributed by atoms with Crippen molar-refractivity contribution < 1.29 is 51.6 Å². The number of carbonyl (C=O) groups excluding carboxylic acids is 7. The summed E-state index contributed by atoms with van der Waals surface area (Å²) >= 11 is 0. The van der Waals surface area contributed by atoms with E-state index in [0.29, 0.717) is 116 Å². The van der Waals surface area contributed by atoms with Gasteiger partial charge in [0.05, 0.1) is 30.8 Å². The molecule has 3 spiro atoms. The molecule has 4 N–H and O–H groups in total. The van der Waals surface area contributed by atoms with E-state index in [1.807, 2.05) is 52.6 Å². The van der Waals surface area contributed by atoms with Crippen LogP contribution >= 0.6 is 0 Å². The minimum Gasteiger partial charge on any atom is -0.449 e. The molecular weight excluding hydrogens is 1110 g/mol. The molecule has 4 aliphatic heterocycles. The zero-order valence-corrected chi connectivity index (χ0v) is 49.4. The van der Waals surface area contributed by atoms with E-state index >= 15 is 0 Å². The number of furan rings is 3. The van der Waals surface area contributed by atoms with Gasteiger partial charge in [0.2, 0.25) is 18.2 Å². The molecule has 0 radical (unpaired) electrons. The van der Waals surface area contributed by atoms with Crippen LogP contribution in [0.5, 0.6) is 0 Å². The predicted molar refractivity (Wildman–Crippen MR) is 317 cm³/mol. The Morgan fingerprint density at radius 1 is 0.586 bits per heavy atom. The van der Waals surface area contributed by atoms with Gasteiger partial charge < -0.3 is 54.0 Å². The molecule has 3 saturated carbocycles. The molecule has 23 heteroatoms. The second-order valence-corrected chi connectivity index (χ2v) is 25.0. The fourth-order valence-electron chi connectivity index (χ4n) is 13.9. The number of amides is 7. The third-order valence-electron chi connectivity index (χ3n) is 19.7. The highest BCUT2D eigenvalue weighted by Gasteiger charge is 2.57. The first-order valence-electron chi connectivity index (χ1n) is 30.7. The van der Waals surface area contributed by atoms with Gasteiger partial charge in [0.25, 0.3) is 23.6 Å². The highest BCUT2D eigenvalue weighted by atomic mass is 16.5. The van der Waals surface area contributed by atoms with E-state index in [4.69, 9.17) is 18.0 Å². The Labute approximate surface area is 503 Å². The molecule has 7 amide bonds. The summed E-state index contributed by atoms with van der Waals surface area (Å²) in [6.45, 7) is 12.0. The third-order valence-corrected chi connectivity index (χ3v) is 19.7. The molecule has 3 aliphatic carbocycles. The summed E-state index contributed by atoms with van der Waals surface area (Å²) in [7, 11) is 0. The monoisotopic (exact) mass is 1190 g/mol. The molecule has 87 heavy (non-hydrogen) atoms. The molecule has 458 valence electrons.